The molecule has 0 saturated carbocycles. The first-order chi connectivity index (χ1) is 12.8. The number of thioether (sulfide) groups is 1. The third-order valence-corrected chi connectivity index (χ3v) is 5.74. The second-order valence-electron chi connectivity index (χ2n) is 6.28. The highest BCUT2D eigenvalue weighted by atomic mass is 35.5. The van der Waals surface area contributed by atoms with Crippen LogP contribution in [0.15, 0.2) is 52.2 Å². The molecule has 0 aliphatic carbocycles. The number of hydrogen-bond acceptors (Lipinski definition) is 5. The van der Waals surface area contributed by atoms with Crippen LogP contribution in [0.25, 0.3) is 11.4 Å². The summed E-state index contributed by atoms with van der Waals surface area (Å²) < 4.78 is 13.5. The highest BCUT2D eigenvalue weighted by molar-refractivity contribution is 7.99. The molecule has 3 heterocycles. The number of hydrogen-bond donors (Lipinski definition) is 0. The highest BCUT2D eigenvalue weighted by Gasteiger charge is 2.19. The summed E-state index contributed by atoms with van der Waals surface area (Å²) in [6, 6.07) is 11.5. The van der Waals surface area contributed by atoms with E-state index >= 15 is 0 Å². The summed E-state index contributed by atoms with van der Waals surface area (Å²) in [6.07, 6.45) is 5.49. The molecule has 0 N–H and O–H groups in total. The molecule has 1 atom stereocenters. The SMILES string of the molecule is Clc1ccc(-c2nnc(SC[C@H]3CCCCO3)n2Cc2ccco2)cc1. The van der Waals surface area contributed by atoms with Gasteiger partial charge in [0.05, 0.1) is 18.9 Å². The van der Waals surface area contributed by atoms with Gasteiger partial charge in [-0.25, -0.2) is 0 Å². The van der Waals surface area contributed by atoms with Gasteiger partial charge in [-0.2, -0.15) is 0 Å². The number of aromatic nitrogens is 3. The summed E-state index contributed by atoms with van der Waals surface area (Å²) in [5, 5.41) is 10.4. The second-order valence-corrected chi connectivity index (χ2v) is 7.70. The second kappa shape index (κ2) is 8.29. The number of nitrogens with zero attached hydrogens (tertiary/aromatic N) is 3. The molecule has 1 aliphatic rings. The average Bonchev–Trinajstić information content (AvgIpc) is 3.32. The number of benzene rings is 1. The molecule has 2 aromatic heterocycles. The molecule has 0 amide bonds. The van der Waals surface area contributed by atoms with E-state index < -0.39 is 0 Å². The van der Waals surface area contributed by atoms with Crippen molar-refractivity contribution in [2.45, 2.75) is 37.1 Å². The van der Waals surface area contributed by atoms with Gasteiger partial charge in [0.15, 0.2) is 11.0 Å². The third-order valence-electron chi connectivity index (χ3n) is 4.39. The Balaban J connectivity index is 1.59. The van der Waals surface area contributed by atoms with Crippen LogP contribution < -0.4 is 0 Å². The monoisotopic (exact) mass is 389 g/mol. The molecule has 1 saturated heterocycles. The Kier molecular flexibility index (Phi) is 5.62. The van der Waals surface area contributed by atoms with E-state index in [0.717, 1.165) is 47.5 Å². The Morgan fingerprint density at radius 3 is 2.77 bits per heavy atom. The smallest absolute Gasteiger partial charge is 0.192 e. The Morgan fingerprint density at radius 1 is 1.15 bits per heavy atom. The quantitative estimate of drug-likeness (QED) is 0.561. The summed E-state index contributed by atoms with van der Waals surface area (Å²) in [5.74, 6) is 2.57. The van der Waals surface area contributed by atoms with Crippen molar-refractivity contribution < 1.29 is 9.15 Å². The summed E-state index contributed by atoms with van der Waals surface area (Å²) in [7, 11) is 0. The molecule has 0 spiro atoms. The maximum absolute atomic E-state index is 6.02. The number of rotatable bonds is 6. The predicted molar refractivity (Wildman–Crippen MR) is 103 cm³/mol. The lowest BCUT2D eigenvalue weighted by molar-refractivity contribution is 0.0315. The topological polar surface area (TPSA) is 53.1 Å². The molecule has 26 heavy (non-hydrogen) atoms. The van der Waals surface area contributed by atoms with E-state index in [-0.39, 0.29) is 0 Å². The maximum atomic E-state index is 6.02. The Morgan fingerprint density at radius 2 is 2.04 bits per heavy atom. The van der Waals surface area contributed by atoms with Crippen molar-refractivity contribution in [3.8, 4) is 11.4 Å². The molecule has 3 aromatic rings. The average molecular weight is 390 g/mol. The molecule has 5 nitrogen and oxygen atoms in total. The van der Waals surface area contributed by atoms with E-state index in [1.165, 1.54) is 6.42 Å². The van der Waals surface area contributed by atoms with Gasteiger partial charge in [-0.1, -0.05) is 23.4 Å². The van der Waals surface area contributed by atoms with Gasteiger partial charge >= 0.3 is 0 Å². The Labute approximate surface area is 161 Å². The molecular formula is C19H20ClN3O2S. The summed E-state index contributed by atoms with van der Waals surface area (Å²) in [6.45, 7) is 1.45. The van der Waals surface area contributed by atoms with Crippen LogP contribution in [0.5, 0.6) is 0 Å². The van der Waals surface area contributed by atoms with Crippen LogP contribution in [0.2, 0.25) is 5.02 Å². The molecule has 0 bridgehead atoms. The molecule has 4 rings (SSSR count). The van der Waals surface area contributed by atoms with Gasteiger partial charge in [-0.05, 0) is 55.7 Å². The minimum atomic E-state index is 0.293. The van der Waals surface area contributed by atoms with Crippen molar-refractivity contribution in [1.29, 1.82) is 0 Å². The van der Waals surface area contributed by atoms with Gasteiger partial charge in [0, 0.05) is 22.9 Å². The van der Waals surface area contributed by atoms with Crippen LogP contribution in [0.1, 0.15) is 25.0 Å². The molecule has 0 radical (unpaired) electrons. The van der Waals surface area contributed by atoms with Crippen molar-refractivity contribution >= 4 is 23.4 Å². The van der Waals surface area contributed by atoms with Crippen molar-refractivity contribution in [2.24, 2.45) is 0 Å². The van der Waals surface area contributed by atoms with Crippen LogP contribution in [-0.4, -0.2) is 33.2 Å². The maximum Gasteiger partial charge on any atom is 0.192 e. The van der Waals surface area contributed by atoms with Gasteiger partial charge < -0.3 is 9.15 Å². The Hall–Kier alpha value is -1.76. The van der Waals surface area contributed by atoms with E-state index in [4.69, 9.17) is 20.8 Å². The van der Waals surface area contributed by atoms with E-state index in [1.807, 2.05) is 36.4 Å². The zero-order valence-corrected chi connectivity index (χ0v) is 15.9. The molecule has 136 valence electrons. The molecule has 1 aromatic carbocycles. The lowest BCUT2D eigenvalue weighted by atomic mass is 10.1. The zero-order chi connectivity index (χ0) is 17.8. The number of halogens is 1. The molecular weight excluding hydrogens is 370 g/mol. The standard InChI is InChI=1S/C19H20ClN3O2S/c20-15-8-6-14(7-9-15)18-21-22-19(23(18)12-16-5-3-11-24-16)26-13-17-4-1-2-10-25-17/h3,5-9,11,17H,1-2,4,10,12-13H2/t17-/m1/s1. The minimum absolute atomic E-state index is 0.293. The van der Waals surface area contributed by atoms with Crippen LogP contribution in [0.4, 0.5) is 0 Å². The van der Waals surface area contributed by atoms with E-state index in [9.17, 15) is 0 Å². The first-order valence-electron chi connectivity index (χ1n) is 8.75. The summed E-state index contributed by atoms with van der Waals surface area (Å²) in [5.41, 5.74) is 0.981. The van der Waals surface area contributed by atoms with E-state index in [1.54, 1.807) is 18.0 Å². The fourth-order valence-corrected chi connectivity index (χ4v) is 4.14. The number of ether oxygens (including phenoxy) is 1. The lowest BCUT2D eigenvalue weighted by Gasteiger charge is -2.21. The summed E-state index contributed by atoms with van der Waals surface area (Å²) in [4.78, 5) is 0. The van der Waals surface area contributed by atoms with Gasteiger partial charge in [0.25, 0.3) is 0 Å². The van der Waals surface area contributed by atoms with E-state index in [2.05, 4.69) is 14.8 Å². The lowest BCUT2D eigenvalue weighted by Crippen LogP contribution is -2.21. The Bertz CT molecular complexity index is 827. The third kappa shape index (κ3) is 4.14. The van der Waals surface area contributed by atoms with E-state index in [0.29, 0.717) is 17.7 Å². The minimum Gasteiger partial charge on any atom is -0.467 e. The normalized spacial score (nSPS) is 17.5. The summed E-state index contributed by atoms with van der Waals surface area (Å²) >= 11 is 7.71. The zero-order valence-electron chi connectivity index (χ0n) is 14.3. The first kappa shape index (κ1) is 17.6. The van der Waals surface area contributed by atoms with Gasteiger partial charge in [0.2, 0.25) is 0 Å². The fraction of sp³-hybridized carbons (Fsp3) is 0.368. The highest BCUT2D eigenvalue weighted by Crippen LogP contribution is 2.28. The van der Waals surface area contributed by atoms with Crippen molar-refractivity contribution in [2.75, 3.05) is 12.4 Å². The van der Waals surface area contributed by atoms with Gasteiger partial charge in [-0.3, -0.25) is 4.57 Å². The fourth-order valence-electron chi connectivity index (χ4n) is 3.02. The number of furan rings is 1. The van der Waals surface area contributed by atoms with Crippen molar-refractivity contribution in [1.82, 2.24) is 14.8 Å². The molecule has 1 fully saturated rings. The van der Waals surface area contributed by atoms with Crippen LogP contribution in [0.3, 0.4) is 0 Å². The van der Waals surface area contributed by atoms with Crippen molar-refractivity contribution in [3.63, 3.8) is 0 Å². The predicted octanol–water partition coefficient (Wildman–Crippen LogP) is 4.90. The van der Waals surface area contributed by atoms with Crippen molar-refractivity contribution in [3.05, 3.63) is 53.4 Å². The first-order valence-corrected chi connectivity index (χ1v) is 10.1. The van der Waals surface area contributed by atoms with Gasteiger partial charge in [-0.15, -0.1) is 10.2 Å². The van der Waals surface area contributed by atoms with Crippen LogP contribution >= 0.6 is 23.4 Å². The molecule has 7 heteroatoms. The van der Waals surface area contributed by atoms with Crippen LogP contribution in [-0.2, 0) is 11.3 Å². The molecule has 1 aliphatic heterocycles. The van der Waals surface area contributed by atoms with Crippen LogP contribution in [0, 0.1) is 0 Å². The molecule has 0 unspecified atom stereocenters. The van der Waals surface area contributed by atoms with Gasteiger partial charge in [0.1, 0.15) is 5.76 Å². The largest absolute Gasteiger partial charge is 0.467 e.